The van der Waals surface area contributed by atoms with Crippen LogP contribution in [-0.2, 0) is 6.54 Å². The number of aryl methyl sites for hydroxylation is 2. The third kappa shape index (κ3) is 4.60. The van der Waals surface area contributed by atoms with Gasteiger partial charge in [0.25, 0.3) is 0 Å². The van der Waals surface area contributed by atoms with E-state index in [1.165, 1.54) is 0 Å². The van der Waals surface area contributed by atoms with Gasteiger partial charge in [-0.25, -0.2) is 9.67 Å². The fourth-order valence-electron chi connectivity index (χ4n) is 2.54. The SMILES string of the molecule is CCNC(=NCc1ccccc1-n1nc(C)cc1C)NC(C)CC. The Morgan fingerprint density at radius 1 is 1.25 bits per heavy atom. The van der Waals surface area contributed by atoms with Gasteiger partial charge in [-0.1, -0.05) is 25.1 Å². The lowest BCUT2D eigenvalue weighted by molar-refractivity contribution is 0.624. The monoisotopic (exact) mass is 327 g/mol. The van der Waals surface area contributed by atoms with Gasteiger partial charge in [0, 0.05) is 18.3 Å². The predicted molar refractivity (Wildman–Crippen MR) is 101 cm³/mol. The first-order valence-electron chi connectivity index (χ1n) is 8.71. The zero-order valence-electron chi connectivity index (χ0n) is 15.4. The van der Waals surface area contributed by atoms with Crippen molar-refractivity contribution >= 4 is 5.96 Å². The molecule has 0 saturated heterocycles. The first-order valence-corrected chi connectivity index (χ1v) is 8.71. The predicted octanol–water partition coefficient (Wildman–Crippen LogP) is 3.34. The van der Waals surface area contributed by atoms with Gasteiger partial charge in [-0.3, -0.25) is 0 Å². The Balaban J connectivity index is 2.26. The van der Waals surface area contributed by atoms with Gasteiger partial charge in [0.1, 0.15) is 0 Å². The lowest BCUT2D eigenvalue weighted by Crippen LogP contribution is -2.41. The molecule has 1 unspecified atom stereocenters. The molecule has 0 aliphatic carbocycles. The van der Waals surface area contributed by atoms with Crippen molar-refractivity contribution in [3.8, 4) is 5.69 Å². The molecule has 1 heterocycles. The summed E-state index contributed by atoms with van der Waals surface area (Å²) in [7, 11) is 0. The number of guanidine groups is 1. The number of nitrogens with zero attached hydrogens (tertiary/aromatic N) is 3. The Kier molecular flexibility index (Phi) is 6.41. The highest BCUT2D eigenvalue weighted by Crippen LogP contribution is 2.17. The van der Waals surface area contributed by atoms with Gasteiger partial charge in [0.15, 0.2) is 5.96 Å². The number of benzene rings is 1. The molecule has 2 aromatic rings. The zero-order valence-corrected chi connectivity index (χ0v) is 15.4. The van der Waals surface area contributed by atoms with E-state index in [4.69, 9.17) is 4.99 Å². The molecule has 0 fully saturated rings. The quantitative estimate of drug-likeness (QED) is 0.632. The number of hydrogen-bond acceptors (Lipinski definition) is 2. The molecule has 0 amide bonds. The molecular formula is C19H29N5. The van der Waals surface area contributed by atoms with Crippen LogP contribution in [0.2, 0.25) is 0 Å². The third-order valence-electron chi connectivity index (χ3n) is 3.98. The molecule has 24 heavy (non-hydrogen) atoms. The van der Waals surface area contributed by atoms with Crippen LogP contribution in [-0.4, -0.2) is 28.3 Å². The van der Waals surface area contributed by atoms with Crippen LogP contribution in [0.3, 0.4) is 0 Å². The van der Waals surface area contributed by atoms with Crippen LogP contribution in [0.25, 0.3) is 5.69 Å². The summed E-state index contributed by atoms with van der Waals surface area (Å²) in [6, 6.07) is 10.8. The van der Waals surface area contributed by atoms with Crippen molar-refractivity contribution in [3.05, 3.63) is 47.3 Å². The van der Waals surface area contributed by atoms with Crippen molar-refractivity contribution in [1.29, 1.82) is 0 Å². The van der Waals surface area contributed by atoms with Crippen LogP contribution in [0.15, 0.2) is 35.3 Å². The smallest absolute Gasteiger partial charge is 0.191 e. The number of aromatic nitrogens is 2. The van der Waals surface area contributed by atoms with Crippen LogP contribution >= 0.6 is 0 Å². The second-order valence-corrected chi connectivity index (χ2v) is 6.12. The minimum atomic E-state index is 0.397. The van der Waals surface area contributed by atoms with E-state index in [2.05, 4.69) is 67.7 Å². The molecule has 0 radical (unpaired) electrons. The lowest BCUT2D eigenvalue weighted by Gasteiger charge is -2.16. The van der Waals surface area contributed by atoms with E-state index in [-0.39, 0.29) is 0 Å². The summed E-state index contributed by atoms with van der Waals surface area (Å²) in [4.78, 5) is 4.75. The molecule has 0 saturated carbocycles. The first kappa shape index (κ1) is 18.0. The molecule has 130 valence electrons. The summed E-state index contributed by atoms with van der Waals surface area (Å²) in [5.74, 6) is 0.857. The Hall–Kier alpha value is -2.30. The van der Waals surface area contributed by atoms with Crippen LogP contribution in [0, 0.1) is 13.8 Å². The number of aliphatic imine (C=N–C) groups is 1. The van der Waals surface area contributed by atoms with E-state index in [9.17, 15) is 0 Å². The highest BCUT2D eigenvalue weighted by molar-refractivity contribution is 5.80. The van der Waals surface area contributed by atoms with Crippen molar-refractivity contribution in [2.75, 3.05) is 6.54 Å². The average Bonchev–Trinajstić information content (AvgIpc) is 2.91. The normalized spacial score (nSPS) is 13.0. The van der Waals surface area contributed by atoms with E-state index >= 15 is 0 Å². The molecule has 0 bridgehead atoms. The van der Waals surface area contributed by atoms with E-state index in [1.54, 1.807) is 0 Å². The van der Waals surface area contributed by atoms with E-state index < -0.39 is 0 Å². The molecule has 5 nitrogen and oxygen atoms in total. The average molecular weight is 327 g/mol. The van der Waals surface area contributed by atoms with Crippen LogP contribution in [0.4, 0.5) is 0 Å². The van der Waals surface area contributed by atoms with Gasteiger partial charge in [-0.15, -0.1) is 0 Å². The third-order valence-corrected chi connectivity index (χ3v) is 3.98. The van der Waals surface area contributed by atoms with Crippen molar-refractivity contribution < 1.29 is 0 Å². The second-order valence-electron chi connectivity index (χ2n) is 6.12. The Morgan fingerprint density at radius 2 is 2.00 bits per heavy atom. The minimum Gasteiger partial charge on any atom is -0.357 e. The topological polar surface area (TPSA) is 54.2 Å². The fourth-order valence-corrected chi connectivity index (χ4v) is 2.54. The summed E-state index contributed by atoms with van der Waals surface area (Å²) < 4.78 is 2.00. The van der Waals surface area contributed by atoms with Gasteiger partial charge in [-0.05, 0) is 51.8 Å². The van der Waals surface area contributed by atoms with E-state index in [0.717, 1.165) is 41.6 Å². The minimum absolute atomic E-state index is 0.397. The maximum atomic E-state index is 4.75. The van der Waals surface area contributed by atoms with Gasteiger partial charge in [0.2, 0.25) is 0 Å². The van der Waals surface area contributed by atoms with Gasteiger partial charge >= 0.3 is 0 Å². The summed E-state index contributed by atoms with van der Waals surface area (Å²) in [5.41, 5.74) is 4.41. The summed E-state index contributed by atoms with van der Waals surface area (Å²) >= 11 is 0. The maximum Gasteiger partial charge on any atom is 0.191 e. The molecular weight excluding hydrogens is 298 g/mol. The number of para-hydroxylation sites is 1. The van der Waals surface area contributed by atoms with Crippen molar-refractivity contribution in [2.24, 2.45) is 4.99 Å². The molecule has 0 aliphatic rings. The highest BCUT2D eigenvalue weighted by Gasteiger charge is 2.09. The Morgan fingerprint density at radius 3 is 2.62 bits per heavy atom. The summed E-state index contributed by atoms with van der Waals surface area (Å²) in [5, 5.41) is 11.3. The van der Waals surface area contributed by atoms with Crippen LogP contribution in [0.5, 0.6) is 0 Å². The van der Waals surface area contributed by atoms with Crippen LogP contribution in [0.1, 0.15) is 44.1 Å². The molecule has 1 aromatic carbocycles. The number of rotatable bonds is 6. The first-order chi connectivity index (χ1) is 11.5. The molecule has 5 heteroatoms. The lowest BCUT2D eigenvalue weighted by atomic mass is 10.2. The van der Waals surface area contributed by atoms with Gasteiger partial charge < -0.3 is 10.6 Å². The fraction of sp³-hybridized carbons (Fsp3) is 0.474. The van der Waals surface area contributed by atoms with E-state index in [1.807, 2.05) is 17.7 Å². The second kappa shape index (κ2) is 8.52. The Labute approximate surface area is 145 Å². The highest BCUT2D eigenvalue weighted by atomic mass is 15.3. The molecule has 2 rings (SSSR count). The molecule has 2 N–H and O–H groups in total. The molecule has 0 aliphatic heterocycles. The molecule has 1 atom stereocenters. The van der Waals surface area contributed by atoms with Crippen LogP contribution < -0.4 is 10.6 Å². The zero-order chi connectivity index (χ0) is 17.5. The van der Waals surface area contributed by atoms with Crippen molar-refractivity contribution in [3.63, 3.8) is 0 Å². The van der Waals surface area contributed by atoms with Crippen molar-refractivity contribution in [2.45, 2.75) is 53.6 Å². The van der Waals surface area contributed by atoms with Crippen molar-refractivity contribution in [1.82, 2.24) is 20.4 Å². The molecule has 1 aromatic heterocycles. The standard InChI is InChI=1S/C19H29N5/c1-6-14(3)22-19(20-7-2)21-13-17-10-8-9-11-18(17)24-16(5)12-15(4)23-24/h8-12,14H,6-7,13H2,1-5H3,(H2,20,21,22). The molecule has 0 spiro atoms. The maximum absolute atomic E-state index is 4.75. The summed E-state index contributed by atoms with van der Waals surface area (Å²) in [6.45, 7) is 12.0. The van der Waals surface area contributed by atoms with E-state index in [0.29, 0.717) is 12.6 Å². The van der Waals surface area contributed by atoms with Gasteiger partial charge in [0.05, 0.1) is 17.9 Å². The number of nitrogens with one attached hydrogen (secondary N) is 2. The van der Waals surface area contributed by atoms with Gasteiger partial charge in [-0.2, -0.15) is 5.10 Å². The Bertz CT molecular complexity index is 687. The number of hydrogen-bond donors (Lipinski definition) is 2. The summed E-state index contributed by atoms with van der Waals surface area (Å²) in [6.07, 6.45) is 1.06. The largest absolute Gasteiger partial charge is 0.357 e.